The third kappa shape index (κ3) is 5.27. The molecular weight excluding hydrogens is 503 g/mol. The van der Waals surface area contributed by atoms with Crippen LogP contribution in [-0.4, -0.2) is 35.7 Å². The molecule has 1 saturated heterocycles. The first-order chi connectivity index (χ1) is 19.3. The van der Waals surface area contributed by atoms with Crippen molar-refractivity contribution in [2.24, 2.45) is 5.92 Å². The Bertz CT molecular complexity index is 1350. The van der Waals surface area contributed by atoms with E-state index in [9.17, 15) is 9.90 Å². The molecule has 2 aliphatic rings. The number of carbonyl (C=O) groups is 1. The number of likely N-dealkylation sites (tertiary alicyclic amines) is 1. The molecule has 0 saturated carbocycles. The maximum Gasteiger partial charge on any atom is 0.323 e. The number of amides is 2. The standard InChI is InChI=1S/C33H41FN4O2/c1-5-33(6-2)21-38(31-29(39)18-17-25(34)30(31)33)28-11-8-7-10-26(28)36-32(40)35-24-15-13-23(14-16-24)27-12-9-19-37(27)20-22(3)4/h7-8,10-11,13-18,22,27,39H,5-6,9,12,19-21H2,1-4H3,(H2,35,36,40). The summed E-state index contributed by atoms with van der Waals surface area (Å²) in [7, 11) is 0. The number of phenols is 1. The Hall–Kier alpha value is -3.58. The van der Waals surface area contributed by atoms with Gasteiger partial charge in [-0.3, -0.25) is 4.90 Å². The topological polar surface area (TPSA) is 67.8 Å². The summed E-state index contributed by atoms with van der Waals surface area (Å²) in [6, 6.07) is 18.4. The molecule has 0 bridgehead atoms. The first-order valence-electron chi connectivity index (χ1n) is 14.6. The molecule has 1 fully saturated rings. The molecule has 2 amide bonds. The van der Waals surface area contributed by atoms with Crippen LogP contribution in [0.4, 0.5) is 31.9 Å². The van der Waals surface area contributed by atoms with E-state index >= 15 is 4.39 Å². The van der Waals surface area contributed by atoms with Gasteiger partial charge in [-0.2, -0.15) is 0 Å². The number of carbonyl (C=O) groups excluding carboxylic acids is 1. The minimum atomic E-state index is -0.431. The fraction of sp³-hybridized carbons (Fsp3) is 0.424. The molecule has 0 radical (unpaired) electrons. The smallest absolute Gasteiger partial charge is 0.323 e. The molecule has 6 nitrogen and oxygen atoms in total. The number of nitrogens with one attached hydrogen (secondary N) is 2. The second kappa shape index (κ2) is 11.5. The average molecular weight is 545 g/mol. The number of halogens is 1. The van der Waals surface area contributed by atoms with Crippen LogP contribution in [0.5, 0.6) is 5.75 Å². The molecule has 0 aliphatic carbocycles. The third-order valence-corrected chi connectivity index (χ3v) is 8.68. The molecule has 0 aromatic heterocycles. The number of hydrogen-bond acceptors (Lipinski definition) is 4. The van der Waals surface area contributed by atoms with E-state index < -0.39 is 5.41 Å². The summed E-state index contributed by atoms with van der Waals surface area (Å²) in [5.41, 5.74) is 3.89. The molecule has 5 rings (SSSR count). The van der Waals surface area contributed by atoms with Gasteiger partial charge in [-0.25, -0.2) is 9.18 Å². The van der Waals surface area contributed by atoms with Crippen LogP contribution in [0.2, 0.25) is 0 Å². The van der Waals surface area contributed by atoms with Crippen molar-refractivity contribution in [2.45, 2.75) is 64.8 Å². The Kier molecular flexibility index (Phi) is 8.04. The number of nitrogens with zero attached hydrogens (tertiary/aromatic N) is 2. The molecule has 2 aliphatic heterocycles. The van der Waals surface area contributed by atoms with E-state index in [1.165, 1.54) is 24.1 Å². The molecule has 3 aromatic carbocycles. The zero-order valence-corrected chi connectivity index (χ0v) is 24.0. The predicted octanol–water partition coefficient (Wildman–Crippen LogP) is 8.18. The van der Waals surface area contributed by atoms with Crippen LogP contribution in [0.15, 0.2) is 60.7 Å². The first-order valence-corrected chi connectivity index (χ1v) is 14.6. The number of benzene rings is 3. The number of para-hydroxylation sites is 2. The fourth-order valence-corrected chi connectivity index (χ4v) is 6.61. The Morgan fingerprint density at radius 1 is 1.05 bits per heavy atom. The fourth-order valence-electron chi connectivity index (χ4n) is 6.61. The highest BCUT2D eigenvalue weighted by molar-refractivity contribution is 6.02. The monoisotopic (exact) mass is 544 g/mol. The number of anilines is 4. The van der Waals surface area contributed by atoms with E-state index in [4.69, 9.17) is 0 Å². The highest BCUT2D eigenvalue weighted by atomic mass is 19.1. The largest absolute Gasteiger partial charge is 0.506 e. The van der Waals surface area contributed by atoms with E-state index in [-0.39, 0.29) is 17.6 Å². The van der Waals surface area contributed by atoms with E-state index in [2.05, 4.69) is 55.4 Å². The van der Waals surface area contributed by atoms with Crippen molar-refractivity contribution in [3.63, 3.8) is 0 Å². The summed E-state index contributed by atoms with van der Waals surface area (Å²) < 4.78 is 15.2. The maximum absolute atomic E-state index is 15.2. The van der Waals surface area contributed by atoms with Gasteiger partial charge in [0.2, 0.25) is 0 Å². The van der Waals surface area contributed by atoms with Crippen LogP contribution in [0.3, 0.4) is 0 Å². The highest BCUT2D eigenvalue weighted by Crippen LogP contribution is 2.53. The van der Waals surface area contributed by atoms with Gasteiger partial charge in [-0.05, 0) is 80.1 Å². The molecule has 40 heavy (non-hydrogen) atoms. The second-order valence-corrected chi connectivity index (χ2v) is 11.6. The van der Waals surface area contributed by atoms with Gasteiger partial charge in [0.15, 0.2) is 0 Å². The van der Waals surface area contributed by atoms with Crippen LogP contribution >= 0.6 is 0 Å². The number of urea groups is 1. The van der Waals surface area contributed by atoms with Crippen LogP contribution in [0, 0.1) is 11.7 Å². The zero-order chi connectivity index (χ0) is 28.4. The van der Waals surface area contributed by atoms with Gasteiger partial charge >= 0.3 is 6.03 Å². The van der Waals surface area contributed by atoms with E-state index in [0.29, 0.717) is 46.8 Å². The van der Waals surface area contributed by atoms with Crippen molar-refractivity contribution in [1.29, 1.82) is 0 Å². The van der Waals surface area contributed by atoms with Crippen molar-refractivity contribution in [1.82, 2.24) is 4.90 Å². The highest BCUT2D eigenvalue weighted by Gasteiger charge is 2.45. The molecule has 212 valence electrons. The van der Waals surface area contributed by atoms with Gasteiger partial charge < -0.3 is 20.6 Å². The molecule has 3 aromatic rings. The van der Waals surface area contributed by atoms with Crippen molar-refractivity contribution in [2.75, 3.05) is 35.2 Å². The SMILES string of the molecule is CCC1(CC)CN(c2ccccc2NC(=O)Nc2ccc(C3CCCN3CC(C)C)cc2)c2c(O)ccc(F)c21. The second-order valence-electron chi connectivity index (χ2n) is 11.6. The lowest BCUT2D eigenvalue weighted by Gasteiger charge is -2.29. The summed E-state index contributed by atoms with van der Waals surface area (Å²) in [6.45, 7) is 11.4. The predicted molar refractivity (Wildman–Crippen MR) is 161 cm³/mol. The van der Waals surface area contributed by atoms with E-state index in [1.807, 2.05) is 41.3 Å². The quantitative estimate of drug-likeness (QED) is 0.268. The molecule has 1 unspecified atom stereocenters. The van der Waals surface area contributed by atoms with Gasteiger partial charge in [-0.15, -0.1) is 0 Å². The van der Waals surface area contributed by atoms with Gasteiger partial charge in [0.05, 0.1) is 17.1 Å². The van der Waals surface area contributed by atoms with Crippen molar-refractivity contribution in [3.8, 4) is 5.75 Å². The third-order valence-electron chi connectivity index (χ3n) is 8.68. The Labute approximate surface area is 237 Å². The lowest BCUT2D eigenvalue weighted by molar-refractivity contribution is 0.229. The zero-order valence-electron chi connectivity index (χ0n) is 24.0. The normalized spacial score (nSPS) is 18.2. The number of fused-ring (bicyclic) bond motifs is 1. The summed E-state index contributed by atoms with van der Waals surface area (Å²) in [5.74, 6) is 0.356. The van der Waals surface area contributed by atoms with Crippen molar-refractivity contribution in [3.05, 3.63) is 77.6 Å². The Balaban J connectivity index is 1.34. The van der Waals surface area contributed by atoms with Crippen molar-refractivity contribution >= 4 is 28.8 Å². The molecule has 3 N–H and O–H groups in total. The van der Waals surface area contributed by atoms with Crippen LogP contribution in [-0.2, 0) is 5.41 Å². The van der Waals surface area contributed by atoms with Crippen LogP contribution in [0.25, 0.3) is 0 Å². The average Bonchev–Trinajstić information content (AvgIpc) is 3.54. The molecule has 7 heteroatoms. The lowest BCUT2D eigenvalue weighted by atomic mass is 9.77. The minimum absolute atomic E-state index is 0.0359. The first kappa shape index (κ1) is 28.0. The van der Waals surface area contributed by atoms with E-state index in [0.717, 1.165) is 32.4 Å². The van der Waals surface area contributed by atoms with Gasteiger partial charge in [-0.1, -0.05) is 52.0 Å². The van der Waals surface area contributed by atoms with Crippen LogP contribution < -0.4 is 15.5 Å². The van der Waals surface area contributed by atoms with E-state index in [1.54, 1.807) is 0 Å². The van der Waals surface area contributed by atoms with Crippen molar-refractivity contribution < 1.29 is 14.3 Å². The summed E-state index contributed by atoms with van der Waals surface area (Å²) >= 11 is 0. The molecule has 0 spiro atoms. The van der Waals surface area contributed by atoms with Crippen LogP contribution in [0.1, 0.15) is 70.5 Å². The molecule has 2 heterocycles. The van der Waals surface area contributed by atoms with Gasteiger partial charge in [0.25, 0.3) is 0 Å². The summed E-state index contributed by atoms with van der Waals surface area (Å²) in [4.78, 5) is 17.6. The Morgan fingerprint density at radius 2 is 1.77 bits per heavy atom. The summed E-state index contributed by atoms with van der Waals surface area (Å²) in [6.07, 6.45) is 3.83. The molecule has 1 atom stereocenters. The van der Waals surface area contributed by atoms with Gasteiger partial charge in [0, 0.05) is 35.8 Å². The number of rotatable bonds is 8. The number of phenolic OH excluding ortho intramolecular Hbond substituents is 1. The summed E-state index contributed by atoms with van der Waals surface area (Å²) in [5, 5.41) is 16.8. The van der Waals surface area contributed by atoms with Gasteiger partial charge in [0.1, 0.15) is 11.6 Å². The Morgan fingerprint density at radius 3 is 2.48 bits per heavy atom. The lowest BCUT2D eigenvalue weighted by Crippen LogP contribution is -2.31. The minimum Gasteiger partial charge on any atom is -0.506 e. The maximum atomic E-state index is 15.2. The number of aromatic hydroxyl groups is 1. The number of hydrogen-bond donors (Lipinski definition) is 3. The molecular formula is C33H41FN4O2.